The van der Waals surface area contributed by atoms with Crippen LogP contribution in [-0.4, -0.2) is 20.9 Å². The van der Waals surface area contributed by atoms with Crippen molar-refractivity contribution in [1.29, 1.82) is 0 Å². The summed E-state index contributed by atoms with van der Waals surface area (Å²) in [5.41, 5.74) is 4.85. The van der Waals surface area contributed by atoms with Gasteiger partial charge >= 0.3 is 5.56 Å². The zero-order chi connectivity index (χ0) is 23.8. The van der Waals surface area contributed by atoms with Crippen molar-refractivity contribution in [3.8, 4) is 22.4 Å². The molecule has 0 saturated heterocycles. The van der Waals surface area contributed by atoms with Crippen molar-refractivity contribution >= 4 is 40.0 Å². The Hall–Kier alpha value is -4.55. The summed E-state index contributed by atoms with van der Waals surface area (Å²) in [6.07, 6.45) is 2.96. The van der Waals surface area contributed by atoms with E-state index in [0.717, 1.165) is 32.6 Å². The lowest BCUT2D eigenvalue weighted by Gasteiger charge is -2.07. The average molecular weight is 477 g/mol. The Morgan fingerprint density at radius 3 is 2.29 bits per heavy atom. The van der Waals surface area contributed by atoms with Crippen LogP contribution in [0.5, 0.6) is 0 Å². The van der Waals surface area contributed by atoms with Gasteiger partial charge in [-0.15, -0.1) is 0 Å². The van der Waals surface area contributed by atoms with Gasteiger partial charge in [0.2, 0.25) is 11.3 Å². The van der Waals surface area contributed by atoms with Gasteiger partial charge in [0.25, 0.3) is 0 Å². The maximum atomic E-state index is 13.2. The van der Waals surface area contributed by atoms with Crippen LogP contribution in [0, 0.1) is 0 Å². The van der Waals surface area contributed by atoms with Gasteiger partial charge in [-0.3, -0.25) is 4.79 Å². The number of rotatable bonds is 4. The van der Waals surface area contributed by atoms with Crippen molar-refractivity contribution in [2.45, 2.75) is 0 Å². The van der Waals surface area contributed by atoms with Crippen LogP contribution < -0.4 is 5.56 Å². The fraction of sp³-hybridized carbons (Fsp3) is 0. The predicted molar refractivity (Wildman–Crippen MR) is 139 cm³/mol. The van der Waals surface area contributed by atoms with E-state index in [0.29, 0.717) is 21.6 Å². The molecule has 7 heteroatoms. The number of furan rings is 1. The fourth-order valence-corrected chi connectivity index (χ4v) is 4.11. The van der Waals surface area contributed by atoms with E-state index in [2.05, 4.69) is 10.1 Å². The molecular formula is C28H17ClN4O2. The fourth-order valence-electron chi connectivity index (χ4n) is 3.98. The molecule has 0 aliphatic heterocycles. The lowest BCUT2D eigenvalue weighted by atomic mass is 10.00. The Labute approximate surface area is 204 Å². The molecular weight excluding hydrogens is 460 g/mol. The number of hydrogen-bond donors (Lipinski definition) is 0. The minimum atomic E-state index is -0.418. The number of aromatic nitrogens is 3. The van der Waals surface area contributed by atoms with Crippen LogP contribution in [0.3, 0.4) is 0 Å². The number of nitrogens with zero attached hydrogens (tertiary/aromatic N) is 4. The molecule has 3 aromatic carbocycles. The van der Waals surface area contributed by atoms with Crippen LogP contribution in [-0.2, 0) is 0 Å². The monoisotopic (exact) mass is 476 g/mol. The Bertz CT molecular complexity index is 1760. The molecule has 35 heavy (non-hydrogen) atoms. The highest BCUT2D eigenvalue weighted by atomic mass is 35.5. The van der Waals surface area contributed by atoms with Crippen molar-refractivity contribution in [2.75, 3.05) is 0 Å². The average Bonchev–Trinajstić information content (AvgIpc) is 3.29. The van der Waals surface area contributed by atoms with Crippen molar-refractivity contribution in [3.63, 3.8) is 0 Å². The summed E-state index contributed by atoms with van der Waals surface area (Å²) in [5.74, 6) is 0. The topological polar surface area (TPSA) is 73.3 Å². The second-order valence-corrected chi connectivity index (χ2v) is 8.37. The van der Waals surface area contributed by atoms with Gasteiger partial charge in [-0.05, 0) is 34.9 Å². The zero-order valence-electron chi connectivity index (χ0n) is 18.3. The van der Waals surface area contributed by atoms with Crippen LogP contribution in [0.4, 0.5) is 0 Å². The quantitative estimate of drug-likeness (QED) is 0.276. The van der Waals surface area contributed by atoms with E-state index >= 15 is 0 Å². The smallest absolute Gasteiger partial charge is 0.317 e. The van der Waals surface area contributed by atoms with E-state index < -0.39 is 5.56 Å². The minimum absolute atomic E-state index is 0.102. The van der Waals surface area contributed by atoms with E-state index in [9.17, 15) is 4.79 Å². The van der Waals surface area contributed by atoms with E-state index in [1.54, 1.807) is 18.3 Å². The zero-order valence-corrected chi connectivity index (χ0v) is 19.1. The number of benzene rings is 3. The normalized spacial score (nSPS) is 11.6. The summed E-state index contributed by atoms with van der Waals surface area (Å²) in [5, 5.41) is 5.58. The van der Waals surface area contributed by atoms with Gasteiger partial charge in [0.1, 0.15) is 11.8 Å². The first-order valence-electron chi connectivity index (χ1n) is 10.9. The Morgan fingerprint density at radius 1 is 0.886 bits per heavy atom. The third-order valence-electron chi connectivity index (χ3n) is 5.69. The van der Waals surface area contributed by atoms with E-state index in [1.807, 2.05) is 78.9 Å². The van der Waals surface area contributed by atoms with Gasteiger partial charge in [0, 0.05) is 10.6 Å². The summed E-state index contributed by atoms with van der Waals surface area (Å²) >= 11 is 5.94. The third-order valence-corrected chi connectivity index (χ3v) is 5.94. The number of hydrogen-bond acceptors (Lipinski definition) is 5. The van der Waals surface area contributed by atoms with Crippen LogP contribution in [0.2, 0.25) is 5.02 Å². The SMILES string of the molecule is O=c1c2oc3nc(-c4ccccc4)cc(-c4ccccc4)c3c2ncn1/N=C\c1ccc(Cl)cc1. The summed E-state index contributed by atoms with van der Waals surface area (Å²) in [6.45, 7) is 0. The molecule has 6 nitrogen and oxygen atoms in total. The van der Waals surface area contributed by atoms with Gasteiger partial charge in [-0.2, -0.15) is 9.78 Å². The maximum absolute atomic E-state index is 13.2. The lowest BCUT2D eigenvalue weighted by Crippen LogP contribution is -2.16. The second-order valence-electron chi connectivity index (χ2n) is 7.94. The van der Waals surface area contributed by atoms with Crippen molar-refractivity contribution in [3.05, 3.63) is 118 Å². The number of pyridine rings is 1. The van der Waals surface area contributed by atoms with Crippen molar-refractivity contribution in [1.82, 2.24) is 14.6 Å². The summed E-state index contributed by atoms with van der Waals surface area (Å²) in [6, 6.07) is 28.9. The summed E-state index contributed by atoms with van der Waals surface area (Å²) < 4.78 is 7.17. The Kier molecular flexibility index (Phi) is 5.20. The Morgan fingerprint density at radius 2 is 1.57 bits per heavy atom. The van der Waals surface area contributed by atoms with Crippen LogP contribution in [0.15, 0.2) is 112 Å². The van der Waals surface area contributed by atoms with Crippen LogP contribution in [0.1, 0.15) is 5.56 Å². The summed E-state index contributed by atoms with van der Waals surface area (Å²) in [4.78, 5) is 22.5. The molecule has 6 rings (SSSR count). The molecule has 0 amide bonds. The maximum Gasteiger partial charge on any atom is 0.317 e. The largest absolute Gasteiger partial charge is 0.430 e. The van der Waals surface area contributed by atoms with E-state index in [-0.39, 0.29) is 5.58 Å². The molecule has 0 aliphatic carbocycles. The molecule has 0 atom stereocenters. The van der Waals surface area contributed by atoms with Crippen LogP contribution in [0.25, 0.3) is 44.6 Å². The molecule has 0 fully saturated rings. The predicted octanol–water partition coefficient (Wildman–Crippen LogP) is 6.41. The third kappa shape index (κ3) is 3.90. The molecule has 0 bridgehead atoms. The molecule has 6 aromatic rings. The summed E-state index contributed by atoms with van der Waals surface area (Å²) in [7, 11) is 0. The lowest BCUT2D eigenvalue weighted by molar-refractivity contribution is 0.637. The first-order valence-corrected chi connectivity index (χ1v) is 11.3. The van der Waals surface area contributed by atoms with Crippen molar-refractivity contribution < 1.29 is 4.42 Å². The highest BCUT2D eigenvalue weighted by Crippen LogP contribution is 2.36. The van der Waals surface area contributed by atoms with E-state index in [4.69, 9.17) is 21.0 Å². The van der Waals surface area contributed by atoms with E-state index in [1.165, 1.54) is 6.33 Å². The van der Waals surface area contributed by atoms with Gasteiger partial charge in [0.05, 0.1) is 17.3 Å². The number of fused-ring (bicyclic) bond motifs is 3. The van der Waals surface area contributed by atoms with Gasteiger partial charge in [0.15, 0.2) is 0 Å². The highest BCUT2D eigenvalue weighted by Gasteiger charge is 2.20. The molecule has 0 spiro atoms. The standard InChI is InChI=1S/C28H17ClN4O2/c29-21-13-11-18(12-14-21)16-31-33-17-30-25-24-22(19-7-3-1-4-8-19)15-23(20-9-5-2-6-10-20)32-27(24)35-26(25)28(33)34/h1-17H/b31-16-. The molecule has 3 aromatic heterocycles. The second kappa shape index (κ2) is 8.66. The van der Waals surface area contributed by atoms with Gasteiger partial charge in [-0.1, -0.05) is 84.4 Å². The van der Waals surface area contributed by atoms with Crippen molar-refractivity contribution in [2.24, 2.45) is 5.10 Å². The minimum Gasteiger partial charge on any atom is -0.430 e. The molecule has 0 radical (unpaired) electrons. The molecule has 168 valence electrons. The molecule has 0 N–H and O–H groups in total. The number of halogens is 1. The molecule has 0 aliphatic rings. The molecule has 0 unspecified atom stereocenters. The Balaban J connectivity index is 1.56. The van der Waals surface area contributed by atoms with Gasteiger partial charge < -0.3 is 4.42 Å². The molecule has 0 saturated carbocycles. The highest BCUT2D eigenvalue weighted by molar-refractivity contribution is 6.30. The molecule has 3 heterocycles. The van der Waals surface area contributed by atoms with Crippen LogP contribution >= 0.6 is 11.6 Å². The first-order chi connectivity index (χ1) is 17.2. The van der Waals surface area contributed by atoms with Gasteiger partial charge in [-0.25, -0.2) is 9.97 Å². The first kappa shape index (κ1) is 21.0.